The zero-order valence-corrected chi connectivity index (χ0v) is 59.2. The number of hydrogen-bond acceptors (Lipinski definition) is 11. The summed E-state index contributed by atoms with van der Waals surface area (Å²) in [5, 5.41) is 26.0. The predicted molar refractivity (Wildman–Crippen MR) is 400 cm³/mol. The monoisotopic (exact) mass is 1370 g/mol. The zero-order chi connectivity index (χ0) is 71.4. The summed E-state index contributed by atoms with van der Waals surface area (Å²) in [6.07, 6.45) is 7.92. The van der Waals surface area contributed by atoms with Gasteiger partial charge in [-0.1, -0.05) is 112 Å². The van der Waals surface area contributed by atoms with E-state index in [1.807, 2.05) is 145 Å². The SMILES string of the molecule is C.CCCNC(=O)CCC(=O)Nc1ccc2c(c1)C(C)c1cccc(C(=O)NCCC)c1-2.CCCNC(=O)CCCC(=O)Nc1ccc2c(c1)C(C)c1cc(NC(=O)CCCC(=O)NCCC)ccc1-2.CCCOCC(=O)Nc1ccc2c(c1)C(C)c1cc(NC(=O)COCCC)ccc1-2. The second-order valence-electron chi connectivity index (χ2n) is 25.3. The Bertz CT molecular complexity index is 3670. The summed E-state index contributed by atoms with van der Waals surface area (Å²) in [7, 11) is 0. The van der Waals surface area contributed by atoms with Gasteiger partial charge in [0.05, 0.1) is 0 Å². The number of carbonyl (C=O) groups excluding carboxylic acids is 9. The number of benzene rings is 6. The highest BCUT2D eigenvalue weighted by molar-refractivity contribution is 6.04. The number of fused-ring (bicyclic) bond motifs is 9. The van der Waals surface area contributed by atoms with E-state index >= 15 is 0 Å². The minimum Gasteiger partial charge on any atom is -0.372 e. The highest BCUT2D eigenvalue weighted by atomic mass is 16.5. The molecule has 3 aliphatic rings. The van der Waals surface area contributed by atoms with Gasteiger partial charge < -0.3 is 57.3 Å². The maximum atomic E-state index is 12.7. The van der Waals surface area contributed by atoms with Crippen LogP contribution in [0.2, 0.25) is 0 Å². The molecule has 0 aliphatic heterocycles. The number of ether oxygens (including phenoxy) is 2. The molecule has 20 heteroatoms. The number of hydrogen-bond donors (Lipinski definition) is 9. The third-order valence-electron chi connectivity index (χ3n) is 17.3. The van der Waals surface area contributed by atoms with Gasteiger partial charge in [-0.05, 0) is 185 Å². The first-order valence-corrected chi connectivity index (χ1v) is 35.4. The number of carbonyl (C=O) groups is 9. The minimum absolute atomic E-state index is 0. The Morgan fingerprint density at radius 3 is 1.00 bits per heavy atom. The number of anilines is 5. The van der Waals surface area contributed by atoms with E-state index in [1.54, 1.807) is 0 Å². The zero-order valence-electron chi connectivity index (χ0n) is 59.2. The Balaban J connectivity index is 0.000000237. The number of amides is 9. The normalized spacial score (nSPS) is 12.5. The highest BCUT2D eigenvalue weighted by Gasteiger charge is 2.31. The molecule has 1 unspecified atom stereocenters. The third-order valence-corrected chi connectivity index (χ3v) is 17.3. The second kappa shape index (κ2) is 40.5. The van der Waals surface area contributed by atoms with Gasteiger partial charge in [0.25, 0.3) is 5.91 Å². The van der Waals surface area contributed by atoms with Crippen LogP contribution in [-0.2, 0) is 47.8 Å². The molecule has 6 aromatic rings. The third kappa shape index (κ3) is 22.8. The van der Waals surface area contributed by atoms with Gasteiger partial charge in [0.1, 0.15) is 13.2 Å². The molecule has 100 heavy (non-hydrogen) atoms. The second-order valence-corrected chi connectivity index (χ2v) is 25.3. The maximum Gasteiger partial charge on any atom is 0.251 e. The Kier molecular flexibility index (Phi) is 32.2. The van der Waals surface area contributed by atoms with Crippen LogP contribution in [0.4, 0.5) is 28.4 Å². The Morgan fingerprint density at radius 1 is 0.330 bits per heavy atom. The molecule has 0 aromatic heterocycles. The van der Waals surface area contributed by atoms with E-state index in [0.29, 0.717) is 89.2 Å². The number of nitrogens with one attached hydrogen (secondary N) is 9. The van der Waals surface area contributed by atoms with Gasteiger partial charge in [0.2, 0.25) is 47.3 Å². The van der Waals surface area contributed by atoms with Crippen LogP contribution in [0.5, 0.6) is 0 Å². The van der Waals surface area contributed by atoms with Crippen LogP contribution in [0.25, 0.3) is 33.4 Å². The molecule has 9 rings (SSSR count). The molecule has 0 spiro atoms. The van der Waals surface area contributed by atoms with Crippen molar-refractivity contribution in [3.63, 3.8) is 0 Å². The summed E-state index contributed by atoms with van der Waals surface area (Å²) in [4.78, 5) is 109. The van der Waals surface area contributed by atoms with Gasteiger partial charge in [-0.3, -0.25) is 43.2 Å². The Hall–Kier alpha value is -9.53. The molecule has 536 valence electrons. The molecular weight excluding hydrogens is 1260 g/mol. The first kappa shape index (κ1) is 79.5. The van der Waals surface area contributed by atoms with E-state index in [2.05, 4.69) is 74.7 Å². The van der Waals surface area contributed by atoms with Crippen LogP contribution in [0, 0.1) is 0 Å². The maximum absolute atomic E-state index is 12.7. The fourth-order valence-electron chi connectivity index (χ4n) is 12.2. The summed E-state index contributed by atoms with van der Waals surface area (Å²) in [6, 6.07) is 35.5. The molecule has 0 radical (unpaired) electrons. The van der Waals surface area contributed by atoms with Gasteiger partial charge in [0, 0.05) is 130 Å². The predicted octanol–water partition coefficient (Wildman–Crippen LogP) is 14.5. The van der Waals surface area contributed by atoms with Crippen molar-refractivity contribution in [3.05, 3.63) is 148 Å². The fourth-order valence-corrected chi connectivity index (χ4v) is 12.2. The van der Waals surface area contributed by atoms with Gasteiger partial charge in [-0.25, -0.2) is 0 Å². The summed E-state index contributed by atoms with van der Waals surface area (Å²) in [5.74, 6) is -0.508. The van der Waals surface area contributed by atoms with Crippen LogP contribution in [0.1, 0.15) is 221 Å². The van der Waals surface area contributed by atoms with E-state index in [9.17, 15) is 43.2 Å². The highest BCUT2D eigenvalue weighted by Crippen LogP contribution is 2.49. The summed E-state index contributed by atoms with van der Waals surface area (Å²) >= 11 is 0. The molecule has 9 amide bonds. The summed E-state index contributed by atoms with van der Waals surface area (Å²) in [5.41, 5.74) is 17.7. The average molecular weight is 1370 g/mol. The number of rotatable bonds is 33. The summed E-state index contributed by atoms with van der Waals surface area (Å²) < 4.78 is 10.6. The van der Waals surface area contributed by atoms with Crippen LogP contribution in [-0.4, -0.2) is 106 Å². The van der Waals surface area contributed by atoms with Gasteiger partial charge >= 0.3 is 0 Å². The van der Waals surface area contributed by atoms with Crippen LogP contribution in [0.15, 0.2) is 109 Å². The lowest BCUT2D eigenvalue weighted by atomic mass is 9.97. The Morgan fingerprint density at radius 2 is 0.630 bits per heavy atom. The van der Waals surface area contributed by atoms with Gasteiger partial charge in [0.15, 0.2) is 0 Å². The topological polar surface area (TPSA) is 280 Å². The molecule has 0 heterocycles. The van der Waals surface area contributed by atoms with Crippen molar-refractivity contribution in [2.75, 3.05) is 79.2 Å². The quantitative estimate of drug-likeness (QED) is 0.0175. The molecule has 6 aromatic carbocycles. The minimum atomic E-state index is -0.186. The van der Waals surface area contributed by atoms with Crippen molar-refractivity contribution < 1.29 is 52.6 Å². The van der Waals surface area contributed by atoms with Crippen molar-refractivity contribution in [3.8, 4) is 33.4 Å². The molecule has 3 aliphatic carbocycles. The standard InChI is InChI=1S/C30H40N4O4.C25H31N3O3.C24H30N2O4.CH4/c1-4-16-31-27(35)8-6-10-29(37)33-21-12-14-23-24-15-13-22(19-26(24)20(3)25(23)18-21)34-30(38)11-7-9-28(36)32-17-5-2;1-4-13-26-22(29)11-12-23(30)28-17-9-10-19-21(15-17)16(3)18-7-6-8-20(24(18)19)25(31)27-14-5-2;1-4-10-29-14-23(27)25-17-6-8-19-20-9-7-18(26-24(28)15-30-11-5-2)13-22(20)16(3)21(19)12-17;/h12-15,18-20H,4-11,16-17H2,1-3H3,(H,31,35)(H,32,36)(H,33,37)(H,34,38);6-10,15-16H,4-5,11-14H2,1-3H3,(H,26,29)(H,27,31)(H,28,30);6-9,12-13,16H,4-5,10-11,14-15H2,1-3H3,(H,25,27)(H,26,28);1H4. The van der Waals surface area contributed by atoms with Crippen LogP contribution < -0.4 is 47.9 Å². The van der Waals surface area contributed by atoms with E-state index in [4.69, 9.17) is 9.47 Å². The van der Waals surface area contributed by atoms with Crippen molar-refractivity contribution in [1.29, 1.82) is 0 Å². The van der Waals surface area contributed by atoms with E-state index in [-0.39, 0.29) is 104 Å². The Labute approximate surface area is 590 Å². The van der Waals surface area contributed by atoms with E-state index in [1.165, 1.54) is 0 Å². The van der Waals surface area contributed by atoms with Crippen molar-refractivity contribution in [2.45, 2.75) is 177 Å². The van der Waals surface area contributed by atoms with Crippen LogP contribution in [0.3, 0.4) is 0 Å². The lowest BCUT2D eigenvalue weighted by Gasteiger charge is -2.11. The molecule has 1 atom stereocenters. The summed E-state index contributed by atoms with van der Waals surface area (Å²) in [6.45, 7) is 22.3. The van der Waals surface area contributed by atoms with Gasteiger partial charge in [-0.2, -0.15) is 0 Å². The molecule has 9 N–H and O–H groups in total. The van der Waals surface area contributed by atoms with Gasteiger partial charge in [-0.15, -0.1) is 0 Å². The average Bonchev–Trinajstić information content (AvgIpc) is 1.56. The fraction of sp³-hybridized carbons (Fsp3) is 0.438. The van der Waals surface area contributed by atoms with Crippen LogP contribution >= 0.6 is 0 Å². The first-order chi connectivity index (χ1) is 47.8. The largest absolute Gasteiger partial charge is 0.372 e. The first-order valence-electron chi connectivity index (χ1n) is 35.4. The molecule has 20 nitrogen and oxygen atoms in total. The van der Waals surface area contributed by atoms with E-state index in [0.717, 1.165) is 128 Å². The molecule has 0 bridgehead atoms. The van der Waals surface area contributed by atoms with Crippen molar-refractivity contribution >= 4 is 81.6 Å². The molecule has 0 saturated carbocycles. The molecular formula is C80H105N9O11. The molecule has 0 saturated heterocycles. The lowest BCUT2D eigenvalue weighted by Crippen LogP contribution is -2.25. The van der Waals surface area contributed by atoms with Crippen molar-refractivity contribution in [2.24, 2.45) is 0 Å². The smallest absolute Gasteiger partial charge is 0.251 e. The molecule has 0 fully saturated rings. The van der Waals surface area contributed by atoms with E-state index < -0.39 is 0 Å². The lowest BCUT2D eigenvalue weighted by molar-refractivity contribution is -0.124. The van der Waals surface area contributed by atoms with Crippen molar-refractivity contribution in [1.82, 2.24) is 21.3 Å².